The molecule has 0 amide bonds. The van der Waals surface area contributed by atoms with Crippen molar-refractivity contribution in [3.05, 3.63) is 29.8 Å². The molecule has 2 atom stereocenters. The van der Waals surface area contributed by atoms with E-state index in [1.54, 1.807) is 12.1 Å². The summed E-state index contributed by atoms with van der Waals surface area (Å²) < 4.78 is 26.8. The summed E-state index contributed by atoms with van der Waals surface area (Å²) in [6.07, 6.45) is 2.33. The minimum Gasteiger partial charge on any atom is -0.303 e. The average molecular weight is 295 g/mol. The van der Waals surface area contributed by atoms with Gasteiger partial charge in [-0.15, -0.1) is 0 Å². The van der Waals surface area contributed by atoms with Gasteiger partial charge in [-0.05, 0) is 37.8 Å². The number of aldehydes is 1. The first kappa shape index (κ1) is 15.2. The first-order chi connectivity index (χ1) is 9.43. The monoisotopic (exact) mass is 295 g/mol. The van der Waals surface area contributed by atoms with Crippen LogP contribution in [0.5, 0.6) is 0 Å². The SMILES string of the molecule is Cc1ccc(S(=O)(=O)N2CC[C@H](C=O)C[C@@H](C)C2)cc1. The Morgan fingerprint density at radius 1 is 1.25 bits per heavy atom. The first-order valence-electron chi connectivity index (χ1n) is 6.95. The van der Waals surface area contributed by atoms with Crippen LogP contribution in [0.1, 0.15) is 25.3 Å². The fourth-order valence-electron chi connectivity index (χ4n) is 2.66. The topological polar surface area (TPSA) is 54.5 Å². The molecule has 1 aliphatic heterocycles. The lowest BCUT2D eigenvalue weighted by Gasteiger charge is -2.22. The van der Waals surface area contributed by atoms with E-state index in [1.807, 2.05) is 26.0 Å². The molecule has 0 aromatic heterocycles. The van der Waals surface area contributed by atoms with Crippen molar-refractivity contribution >= 4 is 16.3 Å². The molecule has 0 unspecified atom stereocenters. The van der Waals surface area contributed by atoms with Gasteiger partial charge < -0.3 is 4.79 Å². The molecule has 1 aliphatic rings. The Morgan fingerprint density at radius 2 is 1.90 bits per heavy atom. The molecule has 0 aliphatic carbocycles. The van der Waals surface area contributed by atoms with Crippen molar-refractivity contribution in [1.29, 1.82) is 0 Å². The van der Waals surface area contributed by atoms with Gasteiger partial charge in [0.15, 0.2) is 0 Å². The molecule has 20 heavy (non-hydrogen) atoms. The molecule has 110 valence electrons. The lowest BCUT2D eigenvalue weighted by atomic mass is 9.96. The van der Waals surface area contributed by atoms with Crippen molar-refractivity contribution in [3.8, 4) is 0 Å². The zero-order chi connectivity index (χ0) is 14.8. The molecule has 0 spiro atoms. The van der Waals surface area contributed by atoms with E-state index in [2.05, 4.69) is 0 Å². The summed E-state index contributed by atoms with van der Waals surface area (Å²) in [6.45, 7) is 4.84. The third-order valence-corrected chi connectivity index (χ3v) is 5.70. The van der Waals surface area contributed by atoms with Crippen molar-refractivity contribution in [2.45, 2.75) is 31.6 Å². The summed E-state index contributed by atoms with van der Waals surface area (Å²) in [6, 6.07) is 6.92. The Bertz CT molecular complexity index is 565. The van der Waals surface area contributed by atoms with Crippen LogP contribution in [0.15, 0.2) is 29.2 Å². The molecule has 1 aromatic carbocycles. The summed E-state index contributed by atoms with van der Waals surface area (Å²) in [7, 11) is -3.45. The van der Waals surface area contributed by atoms with Gasteiger partial charge in [-0.2, -0.15) is 4.31 Å². The highest BCUT2D eigenvalue weighted by atomic mass is 32.2. The summed E-state index contributed by atoms with van der Waals surface area (Å²) in [5.74, 6) is 0.177. The largest absolute Gasteiger partial charge is 0.303 e. The highest BCUT2D eigenvalue weighted by Crippen LogP contribution is 2.25. The quantitative estimate of drug-likeness (QED) is 0.804. The van der Waals surface area contributed by atoms with Crippen LogP contribution in [0.3, 0.4) is 0 Å². The maximum Gasteiger partial charge on any atom is 0.243 e. The lowest BCUT2D eigenvalue weighted by molar-refractivity contribution is -0.111. The van der Waals surface area contributed by atoms with Gasteiger partial charge >= 0.3 is 0 Å². The van der Waals surface area contributed by atoms with E-state index in [4.69, 9.17) is 0 Å². The number of nitrogens with zero attached hydrogens (tertiary/aromatic N) is 1. The molecule has 0 radical (unpaired) electrons. The van der Waals surface area contributed by atoms with Gasteiger partial charge in [0.1, 0.15) is 6.29 Å². The summed E-state index contributed by atoms with van der Waals surface area (Å²) in [5, 5.41) is 0. The molecule has 5 heteroatoms. The van der Waals surface area contributed by atoms with E-state index < -0.39 is 10.0 Å². The predicted molar refractivity (Wildman–Crippen MR) is 77.9 cm³/mol. The number of benzene rings is 1. The third-order valence-electron chi connectivity index (χ3n) is 3.82. The second-order valence-corrected chi connectivity index (χ2v) is 7.64. The van der Waals surface area contributed by atoms with Crippen LogP contribution < -0.4 is 0 Å². The normalized spacial score (nSPS) is 25.1. The van der Waals surface area contributed by atoms with Crippen LogP contribution in [0.25, 0.3) is 0 Å². The number of hydrogen-bond donors (Lipinski definition) is 0. The van der Waals surface area contributed by atoms with Crippen molar-refractivity contribution in [1.82, 2.24) is 4.31 Å². The van der Waals surface area contributed by atoms with Crippen LogP contribution in [0.4, 0.5) is 0 Å². The minimum atomic E-state index is -3.45. The standard InChI is InChI=1S/C15H21NO3S/c1-12-3-5-15(6-4-12)20(18,19)16-8-7-14(11-17)9-13(2)10-16/h3-6,11,13-14H,7-10H2,1-2H3/t13-,14+/m1/s1. The maximum absolute atomic E-state index is 12.6. The summed E-state index contributed by atoms with van der Waals surface area (Å²) in [5.41, 5.74) is 1.04. The van der Waals surface area contributed by atoms with Crippen LogP contribution in [0, 0.1) is 18.8 Å². The Hall–Kier alpha value is -1.20. The Labute approximate surface area is 120 Å². The van der Waals surface area contributed by atoms with E-state index in [-0.39, 0.29) is 11.8 Å². The number of sulfonamides is 1. The van der Waals surface area contributed by atoms with E-state index in [1.165, 1.54) is 4.31 Å². The molecule has 1 saturated heterocycles. The van der Waals surface area contributed by atoms with Crippen molar-refractivity contribution in [2.75, 3.05) is 13.1 Å². The van der Waals surface area contributed by atoms with Crippen molar-refractivity contribution in [3.63, 3.8) is 0 Å². The summed E-state index contributed by atoms with van der Waals surface area (Å²) in [4.78, 5) is 11.3. The number of carbonyl (C=O) groups excluding carboxylic acids is 1. The van der Waals surface area contributed by atoms with Gasteiger partial charge in [-0.25, -0.2) is 8.42 Å². The van der Waals surface area contributed by atoms with Gasteiger partial charge in [0.2, 0.25) is 10.0 Å². The van der Waals surface area contributed by atoms with Gasteiger partial charge in [0.25, 0.3) is 0 Å². The maximum atomic E-state index is 12.6. The zero-order valence-electron chi connectivity index (χ0n) is 12.0. The van der Waals surface area contributed by atoms with E-state index in [0.29, 0.717) is 24.4 Å². The Balaban J connectivity index is 2.24. The molecule has 1 fully saturated rings. The fourth-order valence-corrected chi connectivity index (χ4v) is 4.23. The van der Waals surface area contributed by atoms with Crippen LogP contribution in [0.2, 0.25) is 0 Å². The van der Waals surface area contributed by atoms with Gasteiger partial charge in [-0.1, -0.05) is 24.6 Å². The van der Waals surface area contributed by atoms with E-state index in [0.717, 1.165) is 18.3 Å². The second-order valence-electron chi connectivity index (χ2n) is 5.70. The van der Waals surface area contributed by atoms with Crippen LogP contribution in [-0.2, 0) is 14.8 Å². The van der Waals surface area contributed by atoms with Crippen LogP contribution >= 0.6 is 0 Å². The smallest absolute Gasteiger partial charge is 0.243 e. The Kier molecular flexibility index (Phi) is 4.60. The minimum absolute atomic E-state index is 0.0248. The van der Waals surface area contributed by atoms with Crippen molar-refractivity contribution < 1.29 is 13.2 Å². The highest BCUT2D eigenvalue weighted by Gasteiger charge is 2.30. The van der Waals surface area contributed by atoms with Crippen molar-refractivity contribution in [2.24, 2.45) is 11.8 Å². The van der Waals surface area contributed by atoms with Gasteiger partial charge in [0.05, 0.1) is 4.90 Å². The third kappa shape index (κ3) is 3.27. The molecule has 1 heterocycles. The molecule has 1 aromatic rings. The molecule has 0 N–H and O–H groups in total. The fraction of sp³-hybridized carbons (Fsp3) is 0.533. The number of hydrogen-bond acceptors (Lipinski definition) is 3. The molecule has 2 rings (SSSR count). The van der Waals surface area contributed by atoms with Gasteiger partial charge in [0, 0.05) is 19.0 Å². The molecular weight excluding hydrogens is 274 g/mol. The summed E-state index contributed by atoms with van der Waals surface area (Å²) >= 11 is 0. The molecule has 0 bridgehead atoms. The van der Waals surface area contributed by atoms with Crippen LogP contribution in [-0.4, -0.2) is 32.1 Å². The van der Waals surface area contributed by atoms with E-state index in [9.17, 15) is 13.2 Å². The average Bonchev–Trinajstić information content (AvgIpc) is 2.61. The second kappa shape index (κ2) is 6.06. The first-order valence-corrected chi connectivity index (χ1v) is 8.39. The molecular formula is C15H21NO3S. The number of aryl methyl sites for hydroxylation is 1. The Morgan fingerprint density at radius 3 is 2.50 bits per heavy atom. The highest BCUT2D eigenvalue weighted by molar-refractivity contribution is 7.89. The molecule has 4 nitrogen and oxygen atoms in total. The zero-order valence-corrected chi connectivity index (χ0v) is 12.8. The number of carbonyl (C=O) groups is 1. The predicted octanol–water partition coefficient (Wildman–Crippen LogP) is 2.23. The molecule has 0 saturated carbocycles. The van der Waals surface area contributed by atoms with Gasteiger partial charge in [-0.3, -0.25) is 0 Å². The van der Waals surface area contributed by atoms with E-state index >= 15 is 0 Å². The lowest BCUT2D eigenvalue weighted by Crippen LogP contribution is -2.34. The number of rotatable bonds is 3.